The quantitative estimate of drug-likeness (QED) is 0.903. The third kappa shape index (κ3) is 2.48. The van der Waals surface area contributed by atoms with Crippen molar-refractivity contribution in [3.8, 4) is 11.1 Å². The molecule has 2 amide bonds. The number of aromatic nitrogens is 1. The number of benzene rings is 1. The van der Waals surface area contributed by atoms with Crippen LogP contribution in [0.5, 0.6) is 0 Å². The fourth-order valence-corrected chi connectivity index (χ4v) is 4.22. The van der Waals surface area contributed by atoms with Gasteiger partial charge in [0.1, 0.15) is 5.82 Å². The van der Waals surface area contributed by atoms with Crippen LogP contribution in [0.4, 0.5) is 9.18 Å². The van der Waals surface area contributed by atoms with Crippen LogP contribution >= 0.6 is 0 Å². The molecule has 2 aromatic rings. The summed E-state index contributed by atoms with van der Waals surface area (Å²) in [6, 6.07) is 10.3. The monoisotopic (exact) mass is 340 g/mol. The van der Waals surface area contributed by atoms with Gasteiger partial charge < -0.3 is 10.6 Å². The molecule has 0 unspecified atom stereocenters. The number of pyridine rings is 1. The minimum absolute atomic E-state index is 0.112. The minimum atomic E-state index is -0.289. The molecule has 1 aliphatic carbocycles. The molecule has 130 valence electrons. The molecule has 1 aliphatic heterocycles. The predicted octanol–water partition coefficient (Wildman–Crippen LogP) is 2.49. The molecule has 0 bridgehead atoms. The molecule has 25 heavy (non-hydrogen) atoms. The van der Waals surface area contributed by atoms with E-state index in [4.69, 9.17) is 0 Å². The van der Waals surface area contributed by atoms with Crippen molar-refractivity contribution < 1.29 is 9.18 Å². The van der Waals surface area contributed by atoms with Gasteiger partial charge in [0, 0.05) is 18.3 Å². The third-order valence-electron chi connectivity index (χ3n) is 5.47. The number of halogens is 1. The molecule has 2 aliphatic rings. The van der Waals surface area contributed by atoms with Gasteiger partial charge in [-0.1, -0.05) is 18.2 Å². The van der Waals surface area contributed by atoms with Crippen molar-refractivity contribution in [1.82, 2.24) is 20.5 Å². The Bertz CT molecular complexity index is 830. The number of carbonyl (C=O) groups excluding carboxylic acids is 1. The summed E-state index contributed by atoms with van der Waals surface area (Å²) >= 11 is 0. The van der Waals surface area contributed by atoms with Crippen LogP contribution < -0.4 is 10.6 Å². The summed E-state index contributed by atoms with van der Waals surface area (Å²) < 4.78 is 13.7. The van der Waals surface area contributed by atoms with Gasteiger partial charge in [0.05, 0.1) is 16.8 Å². The summed E-state index contributed by atoms with van der Waals surface area (Å²) in [5, 5.41) is 5.91. The number of amides is 2. The maximum absolute atomic E-state index is 13.7. The summed E-state index contributed by atoms with van der Waals surface area (Å²) in [6.45, 7) is 0.629. The lowest BCUT2D eigenvalue weighted by molar-refractivity contribution is -0.0208. The van der Waals surface area contributed by atoms with E-state index in [-0.39, 0.29) is 22.9 Å². The molecule has 2 heterocycles. The molecule has 1 aromatic heterocycles. The van der Waals surface area contributed by atoms with Gasteiger partial charge in [-0.25, -0.2) is 9.18 Å². The largest absolute Gasteiger partial charge is 0.336 e. The topological polar surface area (TPSA) is 57.3 Å². The van der Waals surface area contributed by atoms with E-state index < -0.39 is 0 Å². The Morgan fingerprint density at radius 3 is 2.64 bits per heavy atom. The van der Waals surface area contributed by atoms with Gasteiger partial charge >= 0.3 is 6.03 Å². The van der Waals surface area contributed by atoms with E-state index in [1.54, 1.807) is 12.3 Å². The van der Waals surface area contributed by atoms with Crippen LogP contribution in [0, 0.1) is 5.82 Å². The Morgan fingerprint density at radius 2 is 2.00 bits per heavy atom. The molecule has 2 fully saturated rings. The molecule has 1 aromatic carbocycles. The number of nitrogens with one attached hydrogen (secondary N) is 2. The number of rotatable bonds is 3. The lowest BCUT2D eigenvalue weighted by Gasteiger charge is -2.57. The van der Waals surface area contributed by atoms with Crippen LogP contribution in [0.3, 0.4) is 0 Å². The van der Waals surface area contributed by atoms with Crippen molar-refractivity contribution in [2.75, 3.05) is 20.6 Å². The summed E-state index contributed by atoms with van der Waals surface area (Å²) in [4.78, 5) is 18.4. The van der Waals surface area contributed by atoms with E-state index in [2.05, 4.69) is 20.5 Å². The van der Waals surface area contributed by atoms with E-state index in [1.165, 1.54) is 12.1 Å². The van der Waals surface area contributed by atoms with Crippen molar-refractivity contribution in [3.63, 3.8) is 0 Å². The molecule has 0 atom stereocenters. The van der Waals surface area contributed by atoms with Crippen LogP contribution in [0.2, 0.25) is 0 Å². The van der Waals surface area contributed by atoms with Crippen molar-refractivity contribution in [1.29, 1.82) is 0 Å². The average Bonchev–Trinajstić information content (AvgIpc) is 2.95. The van der Waals surface area contributed by atoms with Crippen LogP contribution in [0.15, 0.2) is 42.6 Å². The lowest BCUT2D eigenvalue weighted by atomic mass is 9.59. The molecule has 6 heteroatoms. The lowest BCUT2D eigenvalue weighted by Crippen LogP contribution is -2.67. The van der Waals surface area contributed by atoms with Crippen molar-refractivity contribution >= 4 is 6.03 Å². The van der Waals surface area contributed by atoms with Gasteiger partial charge in [-0.3, -0.25) is 9.88 Å². The maximum atomic E-state index is 13.7. The highest BCUT2D eigenvalue weighted by molar-refractivity contribution is 5.78. The molecule has 4 rings (SSSR count). The van der Waals surface area contributed by atoms with E-state index in [1.807, 2.05) is 32.3 Å². The maximum Gasteiger partial charge on any atom is 0.315 e. The van der Waals surface area contributed by atoms with E-state index in [9.17, 15) is 9.18 Å². The first-order chi connectivity index (χ1) is 11.9. The zero-order valence-electron chi connectivity index (χ0n) is 14.3. The second-order valence-electron chi connectivity index (χ2n) is 7.28. The molecule has 1 saturated carbocycles. The highest BCUT2D eigenvalue weighted by atomic mass is 19.1. The second-order valence-corrected chi connectivity index (χ2v) is 7.28. The predicted molar refractivity (Wildman–Crippen MR) is 93.5 cm³/mol. The van der Waals surface area contributed by atoms with Crippen molar-refractivity contribution in [2.24, 2.45) is 0 Å². The molecule has 5 nitrogen and oxygen atoms in total. The van der Waals surface area contributed by atoms with Gasteiger partial charge in [-0.2, -0.15) is 0 Å². The minimum Gasteiger partial charge on any atom is -0.336 e. The Balaban J connectivity index is 1.77. The van der Waals surface area contributed by atoms with Crippen LogP contribution in [-0.2, 0) is 5.54 Å². The van der Waals surface area contributed by atoms with Gasteiger partial charge in [0.25, 0.3) is 0 Å². The summed E-state index contributed by atoms with van der Waals surface area (Å²) in [5.41, 5.74) is 2.17. The van der Waals surface area contributed by atoms with Gasteiger partial charge in [0.2, 0.25) is 0 Å². The average molecular weight is 340 g/mol. The number of hydrogen-bond acceptors (Lipinski definition) is 3. The van der Waals surface area contributed by atoms with Gasteiger partial charge in [-0.15, -0.1) is 0 Å². The van der Waals surface area contributed by atoms with Crippen molar-refractivity contribution in [2.45, 2.75) is 23.9 Å². The zero-order valence-corrected chi connectivity index (χ0v) is 14.3. The third-order valence-corrected chi connectivity index (χ3v) is 5.47. The highest BCUT2D eigenvalue weighted by Crippen LogP contribution is 2.53. The number of carbonyl (C=O) groups is 1. The van der Waals surface area contributed by atoms with E-state index in [0.717, 1.165) is 29.7 Å². The first-order valence-electron chi connectivity index (χ1n) is 8.39. The molecule has 2 N–H and O–H groups in total. The summed E-state index contributed by atoms with van der Waals surface area (Å²) in [6.07, 6.45) is 3.32. The first kappa shape index (κ1) is 16.0. The Kier molecular flexibility index (Phi) is 3.54. The Hall–Kier alpha value is -2.47. The van der Waals surface area contributed by atoms with E-state index in [0.29, 0.717) is 6.54 Å². The number of nitrogens with zero attached hydrogens (tertiary/aromatic N) is 2. The first-order valence-corrected chi connectivity index (χ1v) is 8.39. The SMILES string of the molecule is CN(C)C1(c2ncccc2-c2cccc(F)c2)CC2(CNC(=O)N2)C1. The fourth-order valence-electron chi connectivity index (χ4n) is 4.22. The normalized spacial score (nSPS) is 27.9. The van der Waals surface area contributed by atoms with Gasteiger partial charge in [0.15, 0.2) is 0 Å². The standard InChI is InChI=1S/C19H21FN4O/c1-24(2)19(10-18(11-19)12-22-17(25)23-18)16-15(7-4-8-21-16)13-5-3-6-14(20)9-13/h3-9H,10-12H2,1-2H3,(H2,22,23,25). The van der Waals surface area contributed by atoms with Crippen LogP contribution in [0.1, 0.15) is 18.5 Å². The number of urea groups is 1. The molecule has 1 saturated heterocycles. The fraction of sp³-hybridized carbons (Fsp3) is 0.368. The van der Waals surface area contributed by atoms with E-state index >= 15 is 0 Å². The Labute approximate surface area is 146 Å². The molecular weight excluding hydrogens is 319 g/mol. The van der Waals surface area contributed by atoms with Crippen molar-refractivity contribution in [3.05, 3.63) is 54.1 Å². The molecule has 1 spiro atoms. The summed E-state index contributed by atoms with van der Waals surface area (Å²) in [5.74, 6) is -0.261. The zero-order chi connectivity index (χ0) is 17.7. The summed E-state index contributed by atoms with van der Waals surface area (Å²) in [7, 11) is 4.06. The van der Waals surface area contributed by atoms with Crippen LogP contribution in [-0.4, -0.2) is 42.1 Å². The molecular formula is C19H21FN4O. The Morgan fingerprint density at radius 1 is 1.20 bits per heavy atom. The smallest absolute Gasteiger partial charge is 0.315 e. The molecule has 0 radical (unpaired) electrons. The van der Waals surface area contributed by atoms with Crippen LogP contribution in [0.25, 0.3) is 11.1 Å². The second kappa shape index (κ2) is 5.52. The van der Waals surface area contributed by atoms with Gasteiger partial charge in [-0.05, 0) is 50.7 Å². The highest BCUT2D eigenvalue weighted by Gasteiger charge is 2.60. The number of hydrogen-bond donors (Lipinski definition) is 2.